The van der Waals surface area contributed by atoms with Crippen molar-refractivity contribution in [2.45, 2.75) is 39.5 Å². The van der Waals surface area contributed by atoms with Crippen LogP contribution in [0.15, 0.2) is 6.33 Å². The number of anilines is 2. The summed E-state index contributed by atoms with van der Waals surface area (Å²) in [6.45, 7) is 9.40. The molecule has 1 aromatic rings. The lowest BCUT2D eigenvalue weighted by Gasteiger charge is -2.17. The minimum Gasteiger partial charge on any atom is -0.370 e. The molecule has 5 heteroatoms. The number of aromatic nitrogens is 2. The van der Waals surface area contributed by atoms with E-state index in [-0.39, 0.29) is 0 Å². The first kappa shape index (κ1) is 16.7. The predicted octanol–water partition coefficient (Wildman–Crippen LogP) is 2.79. The summed E-state index contributed by atoms with van der Waals surface area (Å²) in [6, 6.07) is 0. The van der Waals surface area contributed by atoms with Gasteiger partial charge >= 0.3 is 0 Å². The van der Waals surface area contributed by atoms with Crippen molar-refractivity contribution in [2.75, 3.05) is 44.4 Å². The van der Waals surface area contributed by atoms with Crippen LogP contribution in [0.4, 0.5) is 11.6 Å². The summed E-state index contributed by atoms with van der Waals surface area (Å²) in [6.07, 6.45) is 3.98. The summed E-state index contributed by atoms with van der Waals surface area (Å²) in [5, 5.41) is 6.77. The summed E-state index contributed by atoms with van der Waals surface area (Å²) < 4.78 is 0. The Bertz CT molecular complexity index is 390. The Balaban J connectivity index is 2.62. The van der Waals surface area contributed by atoms with E-state index in [1.54, 1.807) is 6.33 Å². The number of hydrogen-bond acceptors (Lipinski definition) is 5. The zero-order valence-corrected chi connectivity index (χ0v) is 13.5. The van der Waals surface area contributed by atoms with Crippen LogP contribution in [-0.2, 0) is 0 Å². The zero-order chi connectivity index (χ0) is 15.0. The Hall–Kier alpha value is -1.36. The van der Waals surface area contributed by atoms with Crippen molar-refractivity contribution in [3.63, 3.8) is 0 Å². The Morgan fingerprint density at radius 2 is 1.75 bits per heavy atom. The van der Waals surface area contributed by atoms with E-state index in [9.17, 15) is 0 Å². The van der Waals surface area contributed by atoms with Crippen LogP contribution in [0.1, 0.15) is 45.1 Å². The topological polar surface area (TPSA) is 53.1 Å². The Morgan fingerprint density at radius 1 is 1.10 bits per heavy atom. The number of rotatable bonds is 9. The highest BCUT2D eigenvalue weighted by Crippen LogP contribution is 2.28. The van der Waals surface area contributed by atoms with Gasteiger partial charge in [0.15, 0.2) is 0 Å². The van der Waals surface area contributed by atoms with Gasteiger partial charge < -0.3 is 15.5 Å². The molecular formula is C15H29N5. The van der Waals surface area contributed by atoms with Crippen LogP contribution in [0.3, 0.4) is 0 Å². The highest BCUT2D eigenvalue weighted by atomic mass is 15.1. The Kier molecular flexibility index (Phi) is 7.30. The van der Waals surface area contributed by atoms with Gasteiger partial charge in [-0.05, 0) is 46.3 Å². The zero-order valence-electron chi connectivity index (χ0n) is 13.5. The smallest absolute Gasteiger partial charge is 0.134 e. The molecule has 0 radical (unpaired) electrons. The molecule has 0 aliphatic carbocycles. The number of unbranched alkanes of at least 4 members (excludes halogenated alkanes) is 1. The average Bonchev–Trinajstić information content (AvgIpc) is 2.38. The van der Waals surface area contributed by atoms with E-state index in [0.717, 1.165) is 37.7 Å². The van der Waals surface area contributed by atoms with Gasteiger partial charge in [-0.25, -0.2) is 9.97 Å². The second kappa shape index (κ2) is 8.74. The van der Waals surface area contributed by atoms with Crippen molar-refractivity contribution in [1.82, 2.24) is 14.9 Å². The van der Waals surface area contributed by atoms with Gasteiger partial charge in [-0.2, -0.15) is 0 Å². The summed E-state index contributed by atoms with van der Waals surface area (Å²) in [7, 11) is 4.22. The van der Waals surface area contributed by atoms with Crippen LogP contribution in [0.2, 0.25) is 0 Å². The first-order chi connectivity index (χ1) is 9.56. The van der Waals surface area contributed by atoms with E-state index in [4.69, 9.17) is 0 Å². The second-order valence-electron chi connectivity index (χ2n) is 5.61. The fraction of sp³-hybridized carbons (Fsp3) is 0.733. The van der Waals surface area contributed by atoms with Crippen molar-refractivity contribution in [3.8, 4) is 0 Å². The molecule has 20 heavy (non-hydrogen) atoms. The summed E-state index contributed by atoms with van der Waals surface area (Å²) in [5.41, 5.74) is 1.18. The molecular weight excluding hydrogens is 250 g/mol. The van der Waals surface area contributed by atoms with Gasteiger partial charge in [0.1, 0.15) is 18.0 Å². The molecule has 1 aromatic heterocycles. The van der Waals surface area contributed by atoms with Crippen molar-refractivity contribution in [3.05, 3.63) is 11.9 Å². The lowest BCUT2D eigenvalue weighted by Crippen LogP contribution is -2.15. The van der Waals surface area contributed by atoms with Gasteiger partial charge in [-0.1, -0.05) is 13.8 Å². The van der Waals surface area contributed by atoms with Crippen LogP contribution in [0.5, 0.6) is 0 Å². The molecule has 0 bridgehead atoms. The highest BCUT2D eigenvalue weighted by molar-refractivity contribution is 5.58. The van der Waals surface area contributed by atoms with Crippen LogP contribution in [-0.4, -0.2) is 48.6 Å². The average molecular weight is 279 g/mol. The molecule has 0 atom stereocenters. The number of hydrogen-bond donors (Lipinski definition) is 2. The number of nitrogens with zero attached hydrogens (tertiary/aromatic N) is 3. The third-order valence-corrected chi connectivity index (χ3v) is 3.13. The van der Waals surface area contributed by atoms with Crippen LogP contribution >= 0.6 is 0 Å². The molecule has 0 fully saturated rings. The Labute approximate surface area is 123 Å². The quantitative estimate of drug-likeness (QED) is 0.681. The van der Waals surface area contributed by atoms with Gasteiger partial charge in [-0.15, -0.1) is 0 Å². The maximum Gasteiger partial charge on any atom is 0.134 e. The monoisotopic (exact) mass is 279 g/mol. The maximum absolute atomic E-state index is 4.40. The molecule has 0 saturated heterocycles. The van der Waals surface area contributed by atoms with Gasteiger partial charge in [0.25, 0.3) is 0 Å². The van der Waals surface area contributed by atoms with Crippen molar-refractivity contribution >= 4 is 11.6 Å². The first-order valence-electron chi connectivity index (χ1n) is 7.53. The molecule has 114 valence electrons. The standard InChI is InChI=1S/C15H29N5/c1-6-16-14-13(12(2)3)15(19-11-18-14)17-9-7-8-10-20(4)5/h11-12H,6-10H2,1-5H3,(H2,16,17,18,19). The van der Waals surface area contributed by atoms with Gasteiger partial charge in [-0.3, -0.25) is 0 Å². The van der Waals surface area contributed by atoms with Crippen LogP contribution in [0, 0.1) is 0 Å². The van der Waals surface area contributed by atoms with E-state index < -0.39 is 0 Å². The fourth-order valence-electron chi connectivity index (χ4n) is 2.15. The van der Waals surface area contributed by atoms with Crippen LogP contribution in [0.25, 0.3) is 0 Å². The molecule has 0 aromatic carbocycles. The molecule has 0 aliphatic heterocycles. The largest absolute Gasteiger partial charge is 0.370 e. The molecule has 0 aliphatic rings. The molecule has 0 spiro atoms. The normalized spacial score (nSPS) is 11.2. The predicted molar refractivity (Wildman–Crippen MR) is 86.6 cm³/mol. The molecule has 1 heterocycles. The van der Waals surface area contributed by atoms with Gasteiger partial charge in [0, 0.05) is 18.7 Å². The van der Waals surface area contributed by atoms with E-state index in [1.807, 2.05) is 0 Å². The molecule has 1 rings (SSSR count). The SMILES string of the molecule is CCNc1ncnc(NCCCCN(C)C)c1C(C)C. The minimum absolute atomic E-state index is 0.398. The minimum atomic E-state index is 0.398. The fourth-order valence-corrected chi connectivity index (χ4v) is 2.15. The molecule has 0 unspecified atom stereocenters. The van der Waals surface area contributed by atoms with Crippen LogP contribution < -0.4 is 10.6 Å². The Morgan fingerprint density at radius 3 is 2.30 bits per heavy atom. The lowest BCUT2D eigenvalue weighted by atomic mass is 10.0. The van der Waals surface area contributed by atoms with Gasteiger partial charge in [0.2, 0.25) is 0 Å². The summed E-state index contributed by atoms with van der Waals surface area (Å²) in [4.78, 5) is 11.0. The van der Waals surface area contributed by atoms with Crippen molar-refractivity contribution in [1.29, 1.82) is 0 Å². The highest BCUT2D eigenvalue weighted by Gasteiger charge is 2.13. The first-order valence-corrected chi connectivity index (χ1v) is 7.53. The third kappa shape index (κ3) is 5.33. The molecule has 0 amide bonds. The number of nitrogens with one attached hydrogen (secondary N) is 2. The van der Waals surface area contributed by atoms with E-state index in [1.165, 1.54) is 12.0 Å². The lowest BCUT2D eigenvalue weighted by molar-refractivity contribution is 0.396. The summed E-state index contributed by atoms with van der Waals surface area (Å²) in [5.74, 6) is 2.32. The molecule has 0 saturated carbocycles. The second-order valence-corrected chi connectivity index (χ2v) is 5.61. The van der Waals surface area contributed by atoms with E-state index in [0.29, 0.717) is 5.92 Å². The summed E-state index contributed by atoms with van der Waals surface area (Å²) >= 11 is 0. The van der Waals surface area contributed by atoms with E-state index >= 15 is 0 Å². The van der Waals surface area contributed by atoms with E-state index in [2.05, 4.69) is 60.4 Å². The third-order valence-electron chi connectivity index (χ3n) is 3.13. The van der Waals surface area contributed by atoms with Crippen molar-refractivity contribution < 1.29 is 0 Å². The molecule has 5 nitrogen and oxygen atoms in total. The van der Waals surface area contributed by atoms with Gasteiger partial charge in [0.05, 0.1) is 0 Å². The maximum atomic E-state index is 4.40. The van der Waals surface area contributed by atoms with Crippen molar-refractivity contribution in [2.24, 2.45) is 0 Å². The molecule has 2 N–H and O–H groups in total.